The fourth-order valence-electron chi connectivity index (χ4n) is 3.52. The average molecular weight is 499 g/mol. The van der Waals surface area contributed by atoms with Crippen molar-refractivity contribution in [1.29, 1.82) is 5.26 Å². The van der Waals surface area contributed by atoms with Crippen LogP contribution in [-0.4, -0.2) is 28.5 Å². The summed E-state index contributed by atoms with van der Waals surface area (Å²) in [6.45, 7) is 5.42. The maximum atomic E-state index is 14.3. The molecule has 3 unspecified atom stereocenters. The largest absolute Gasteiger partial charge is 0.437 e. The van der Waals surface area contributed by atoms with Gasteiger partial charge in [0.1, 0.15) is 0 Å². The predicted molar refractivity (Wildman–Crippen MR) is 120 cm³/mol. The number of nitrogens with one attached hydrogen (secondary N) is 1. The molecule has 2 heterocycles. The number of Topliss-reactive ketones (excluding diaryl/α,β-unsaturated/α-hetero) is 1. The number of rotatable bonds is 6. The van der Waals surface area contributed by atoms with E-state index >= 15 is 0 Å². The molecule has 0 amide bonds. The molecule has 2 N–H and O–H groups in total. The zero-order valence-electron chi connectivity index (χ0n) is 16.7. The fraction of sp³-hybridized carbons (Fsp3) is 0.273. The van der Waals surface area contributed by atoms with Crippen molar-refractivity contribution in [3.63, 3.8) is 0 Å². The molecule has 168 valence electrons. The van der Waals surface area contributed by atoms with Crippen LogP contribution in [0.5, 0.6) is 0 Å². The first-order valence-electron chi connectivity index (χ1n) is 9.32. The number of nitrogens with zero attached hydrogens (tertiary/aromatic N) is 1. The molecule has 1 aliphatic heterocycles. The Kier molecular flexibility index (Phi) is 7.10. The van der Waals surface area contributed by atoms with Gasteiger partial charge in [0.2, 0.25) is 5.72 Å². The van der Waals surface area contributed by atoms with Crippen molar-refractivity contribution in [2.45, 2.75) is 24.7 Å². The van der Waals surface area contributed by atoms with Crippen LogP contribution in [0, 0.1) is 17.2 Å². The summed E-state index contributed by atoms with van der Waals surface area (Å²) in [7, 11) is 0. The van der Waals surface area contributed by atoms with Gasteiger partial charge in [0, 0.05) is 16.7 Å². The lowest BCUT2D eigenvalue weighted by molar-refractivity contribution is -0.285. The molecule has 3 rings (SSSR count). The number of thioether (sulfide) groups is 1. The first-order chi connectivity index (χ1) is 15.0. The summed E-state index contributed by atoms with van der Waals surface area (Å²) in [6.07, 6.45) is -5.24. The topological polar surface area (TPSA) is 73.1 Å². The molecule has 0 saturated heterocycles. The lowest BCUT2D eigenvalue weighted by Gasteiger charge is -2.45. The number of hydrogen-bond acceptors (Lipinski definition) is 6. The van der Waals surface area contributed by atoms with E-state index in [9.17, 15) is 28.3 Å². The van der Waals surface area contributed by atoms with Gasteiger partial charge < -0.3 is 10.4 Å². The van der Waals surface area contributed by atoms with Gasteiger partial charge in [-0.3, -0.25) is 4.79 Å². The molecule has 32 heavy (non-hydrogen) atoms. The van der Waals surface area contributed by atoms with Gasteiger partial charge in [0.25, 0.3) is 0 Å². The van der Waals surface area contributed by atoms with Crippen LogP contribution in [0.15, 0.2) is 64.5 Å². The number of carbonyl (C=O) groups excluding carboxylic acids is 1. The van der Waals surface area contributed by atoms with Crippen molar-refractivity contribution >= 4 is 40.5 Å². The van der Waals surface area contributed by atoms with Gasteiger partial charge in [0.15, 0.2) is 5.78 Å². The maximum absolute atomic E-state index is 14.3. The molecule has 1 aliphatic rings. The molecule has 0 bridgehead atoms. The molecule has 0 fully saturated rings. The number of halogens is 4. The van der Waals surface area contributed by atoms with Crippen molar-refractivity contribution in [2.24, 2.45) is 5.92 Å². The van der Waals surface area contributed by atoms with Gasteiger partial charge in [-0.05, 0) is 30.0 Å². The number of allylic oxidation sites excluding steroid dienone is 1. The Bertz CT molecular complexity index is 1110. The van der Waals surface area contributed by atoms with E-state index in [4.69, 9.17) is 11.6 Å². The fourth-order valence-corrected chi connectivity index (χ4v) is 5.42. The monoisotopic (exact) mass is 498 g/mol. The van der Waals surface area contributed by atoms with Gasteiger partial charge in [-0.2, -0.15) is 18.4 Å². The third kappa shape index (κ3) is 4.46. The predicted octanol–water partition coefficient (Wildman–Crippen LogP) is 5.88. The number of aliphatic hydroxyl groups is 1. The normalized spacial score (nSPS) is 23.4. The van der Waals surface area contributed by atoms with Crippen LogP contribution < -0.4 is 5.32 Å². The lowest BCUT2D eigenvalue weighted by Crippen LogP contribution is -2.66. The summed E-state index contributed by atoms with van der Waals surface area (Å²) in [5, 5.41) is 24.5. The second-order valence-electron chi connectivity index (χ2n) is 7.31. The molecule has 1 aromatic heterocycles. The third-order valence-electron chi connectivity index (χ3n) is 4.95. The summed E-state index contributed by atoms with van der Waals surface area (Å²) in [5.74, 6) is -4.23. The lowest BCUT2D eigenvalue weighted by atomic mass is 9.70. The highest BCUT2D eigenvalue weighted by Crippen LogP contribution is 2.52. The van der Waals surface area contributed by atoms with E-state index in [1.807, 2.05) is 6.07 Å². The van der Waals surface area contributed by atoms with Gasteiger partial charge in [-0.1, -0.05) is 48.0 Å². The van der Waals surface area contributed by atoms with Crippen molar-refractivity contribution in [2.75, 3.05) is 5.75 Å². The van der Waals surface area contributed by atoms with Gasteiger partial charge >= 0.3 is 6.18 Å². The highest BCUT2D eigenvalue weighted by molar-refractivity contribution is 8.03. The SMILES string of the molecule is C=C(C)CSC1=C(C#N)C(c2ccccc2Cl)C(C(=O)c2cccs2)C(O)(C(F)(F)F)N1. The van der Waals surface area contributed by atoms with Gasteiger partial charge in [0.05, 0.1) is 27.5 Å². The van der Waals surface area contributed by atoms with Crippen molar-refractivity contribution < 1.29 is 23.1 Å². The Labute approximate surface area is 196 Å². The Morgan fingerprint density at radius 2 is 2.06 bits per heavy atom. The van der Waals surface area contributed by atoms with Gasteiger partial charge in [-0.25, -0.2) is 0 Å². The minimum atomic E-state index is -5.24. The van der Waals surface area contributed by atoms with Crippen LogP contribution >= 0.6 is 34.7 Å². The number of nitriles is 1. The van der Waals surface area contributed by atoms with E-state index in [0.29, 0.717) is 5.57 Å². The minimum absolute atomic E-state index is 0.0341. The smallest absolute Gasteiger partial charge is 0.363 e. The molecule has 0 radical (unpaired) electrons. The van der Waals surface area contributed by atoms with E-state index in [1.165, 1.54) is 24.3 Å². The number of hydrogen-bond donors (Lipinski definition) is 2. The summed E-state index contributed by atoms with van der Waals surface area (Å²) >= 11 is 8.18. The zero-order valence-corrected chi connectivity index (χ0v) is 19.1. The molecule has 0 saturated carbocycles. The van der Waals surface area contributed by atoms with Crippen LogP contribution in [0.1, 0.15) is 28.1 Å². The molecular formula is C22H18ClF3N2O2S2. The standard InChI is InChI=1S/C22H18ClF3N2O2S2/c1-12(2)11-32-20-14(10-27)17(13-6-3-4-7-15(13)23)18(19(29)16-8-5-9-31-16)21(30,28-20)22(24,25)26/h3-9,17-18,28,30H,1,11H2,2H3. The zero-order chi connectivity index (χ0) is 23.7. The molecule has 10 heteroatoms. The Morgan fingerprint density at radius 1 is 1.38 bits per heavy atom. The number of ketones is 1. The van der Waals surface area contributed by atoms with E-state index in [-0.39, 0.29) is 31.8 Å². The molecule has 3 atom stereocenters. The van der Waals surface area contributed by atoms with E-state index in [1.54, 1.807) is 24.4 Å². The summed E-state index contributed by atoms with van der Waals surface area (Å²) in [4.78, 5) is 13.4. The molecule has 0 aliphatic carbocycles. The highest BCUT2D eigenvalue weighted by Gasteiger charge is 2.66. The Hall–Kier alpha value is -2.25. The van der Waals surface area contributed by atoms with E-state index < -0.39 is 29.5 Å². The number of alkyl halides is 3. The first-order valence-corrected chi connectivity index (χ1v) is 11.6. The molecule has 4 nitrogen and oxygen atoms in total. The molecule has 0 spiro atoms. The first kappa shape index (κ1) is 24.4. The van der Waals surface area contributed by atoms with E-state index in [0.717, 1.165) is 23.1 Å². The third-order valence-corrected chi connectivity index (χ3v) is 7.42. The van der Waals surface area contributed by atoms with Crippen LogP contribution in [0.25, 0.3) is 0 Å². The summed E-state index contributed by atoms with van der Waals surface area (Å²) in [5.41, 5.74) is -2.93. The van der Waals surface area contributed by atoms with Gasteiger partial charge in [-0.15, -0.1) is 23.1 Å². The molecular weight excluding hydrogens is 481 g/mol. The molecule has 2 aromatic rings. The number of benzene rings is 1. The second-order valence-corrected chi connectivity index (χ2v) is 9.65. The number of carbonyl (C=O) groups is 1. The molecule has 1 aromatic carbocycles. The van der Waals surface area contributed by atoms with Crippen LogP contribution in [0.3, 0.4) is 0 Å². The highest BCUT2D eigenvalue weighted by atomic mass is 35.5. The quantitative estimate of drug-likeness (QED) is 0.384. The minimum Gasteiger partial charge on any atom is -0.363 e. The second kappa shape index (κ2) is 9.32. The van der Waals surface area contributed by atoms with E-state index in [2.05, 4.69) is 11.9 Å². The van der Waals surface area contributed by atoms with Crippen molar-refractivity contribution in [3.8, 4) is 6.07 Å². The number of thiophene rings is 1. The Balaban J connectivity index is 2.33. The van der Waals surface area contributed by atoms with Crippen LogP contribution in [0.2, 0.25) is 5.02 Å². The maximum Gasteiger partial charge on any atom is 0.437 e. The van der Waals surface area contributed by atoms with Crippen molar-refractivity contribution in [1.82, 2.24) is 5.32 Å². The summed E-state index contributed by atoms with van der Waals surface area (Å²) < 4.78 is 43.0. The van der Waals surface area contributed by atoms with Crippen LogP contribution in [0.4, 0.5) is 13.2 Å². The summed E-state index contributed by atoms with van der Waals surface area (Å²) in [6, 6.07) is 10.9. The van der Waals surface area contributed by atoms with Crippen molar-refractivity contribution in [3.05, 3.63) is 80.0 Å². The average Bonchev–Trinajstić information content (AvgIpc) is 3.26. The Morgan fingerprint density at radius 3 is 2.59 bits per heavy atom. The van der Waals surface area contributed by atoms with Crippen LogP contribution in [-0.2, 0) is 0 Å².